The van der Waals surface area contributed by atoms with E-state index in [0.717, 1.165) is 31.2 Å². The van der Waals surface area contributed by atoms with Crippen LogP contribution in [0.2, 0.25) is 0 Å². The van der Waals surface area contributed by atoms with Crippen LogP contribution in [-0.4, -0.2) is 76.6 Å². The number of alkyl carbamates (subject to hydrolysis) is 1. The first-order valence-corrected chi connectivity index (χ1v) is 17.2. The van der Waals surface area contributed by atoms with E-state index in [0.29, 0.717) is 24.5 Å². The second kappa shape index (κ2) is 15.0. The number of rotatable bonds is 14. The van der Waals surface area contributed by atoms with E-state index in [1.165, 1.54) is 12.1 Å². The number of nitrogens with one attached hydrogen (secondary N) is 2. The molecule has 1 unspecified atom stereocenters. The first kappa shape index (κ1) is 33.9. The van der Waals surface area contributed by atoms with Crippen molar-refractivity contribution in [1.29, 1.82) is 5.26 Å². The Morgan fingerprint density at radius 3 is 2.74 bits per heavy atom. The number of aliphatic hydroxyl groups is 1. The Morgan fingerprint density at radius 1 is 1.15 bits per heavy atom. The van der Waals surface area contributed by atoms with Crippen molar-refractivity contribution >= 4 is 16.1 Å². The maximum Gasteiger partial charge on any atom is 0.407 e. The molecule has 5 rings (SSSR count). The summed E-state index contributed by atoms with van der Waals surface area (Å²) in [5.74, 6) is 0.731. The summed E-state index contributed by atoms with van der Waals surface area (Å²) in [4.78, 5) is 12.9. The maximum atomic E-state index is 13.3. The third kappa shape index (κ3) is 8.89. The van der Waals surface area contributed by atoms with Gasteiger partial charge in [0.1, 0.15) is 18.8 Å². The number of hydrogen-bond acceptors (Lipinski definition) is 10. The van der Waals surface area contributed by atoms with Gasteiger partial charge in [-0.05, 0) is 55.2 Å². The SMILES string of the molecule is CC(C)(CCCC#N)CC1COc2cc(S(=O)(=O)NC[C@@H](O)[C@H](Cc3ccccc3)NC(=O)O[C@H]3CO[C@H]4OCC[C@H]43)ccc2O1. The normalized spacial score (nSPS) is 23.6. The van der Waals surface area contributed by atoms with Crippen LogP contribution in [0.25, 0.3) is 0 Å². The monoisotopic (exact) mass is 657 g/mol. The molecule has 2 saturated heterocycles. The molecule has 12 nitrogen and oxygen atoms in total. The average molecular weight is 658 g/mol. The standard InChI is InChI=1S/C33H43N3O9S/c1-33(2,13-6-7-14-34)18-23-20-42-29-17-24(10-11-28(29)44-23)46(39,40)35-19-27(37)26(16-22-8-4-3-5-9-22)36-32(38)45-30-21-43-31-25(30)12-15-41-31/h3-5,8-11,17,23,25-27,30-31,35,37H,6-7,12-13,15-16,18-21H2,1-2H3,(H,36,38)/t23?,25-,26-,27+,30-,31+/m0/s1. The first-order chi connectivity index (χ1) is 22.0. The Kier molecular flexibility index (Phi) is 11.1. The van der Waals surface area contributed by atoms with Crippen LogP contribution < -0.4 is 19.5 Å². The van der Waals surface area contributed by atoms with Crippen LogP contribution in [0, 0.1) is 22.7 Å². The zero-order valence-corrected chi connectivity index (χ0v) is 27.0. The van der Waals surface area contributed by atoms with Crippen LogP contribution in [0.5, 0.6) is 11.5 Å². The minimum absolute atomic E-state index is 0.0424. The smallest absolute Gasteiger partial charge is 0.407 e. The molecule has 0 radical (unpaired) electrons. The quantitative estimate of drug-likeness (QED) is 0.255. The molecule has 3 heterocycles. The molecule has 46 heavy (non-hydrogen) atoms. The maximum absolute atomic E-state index is 13.3. The first-order valence-electron chi connectivity index (χ1n) is 15.8. The summed E-state index contributed by atoms with van der Waals surface area (Å²) in [7, 11) is -4.05. The fourth-order valence-corrected chi connectivity index (χ4v) is 7.24. The lowest BCUT2D eigenvalue weighted by atomic mass is 9.82. The summed E-state index contributed by atoms with van der Waals surface area (Å²) < 4.78 is 57.7. The van der Waals surface area contributed by atoms with Gasteiger partial charge < -0.3 is 34.1 Å². The van der Waals surface area contributed by atoms with E-state index in [2.05, 4.69) is 30.0 Å². The number of fused-ring (bicyclic) bond motifs is 2. The van der Waals surface area contributed by atoms with Crippen molar-refractivity contribution in [2.45, 2.75) is 87.9 Å². The second-order valence-electron chi connectivity index (χ2n) is 12.9. The summed E-state index contributed by atoms with van der Waals surface area (Å²) in [5, 5.41) is 22.7. The van der Waals surface area contributed by atoms with E-state index in [1.807, 2.05) is 30.3 Å². The number of hydrogen-bond donors (Lipinski definition) is 3. The molecule has 3 aliphatic rings. The molecule has 2 aromatic carbocycles. The highest BCUT2D eigenvalue weighted by molar-refractivity contribution is 7.89. The molecule has 250 valence electrons. The molecule has 0 aromatic heterocycles. The topological polar surface area (TPSA) is 165 Å². The van der Waals surface area contributed by atoms with Gasteiger partial charge in [0, 0.05) is 19.0 Å². The minimum atomic E-state index is -4.05. The molecular formula is C33H43N3O9S. The van der Waals surface area contributed by atoms with E-state index in [1.54, 1.807) is 6.07 Å². The van der Waals surface area contributed by atoms with E-state index in [9.17, 15) is 18.3 Å². The summed E-state index contributed by atoms with van der Waals surface area (Å²) in [6, 6.07) is 15.0. The largest absolute Gasteiger partial charge is 0.486 e. The van der Waals surface area contributed by atoms with E-state index < -0.39 is 34.4 Å². The summed E-state index contributed by atoms with van der Waals surface area (Å²) >= 11 is 0. The number of benzene rings is 2. The predicted molar refractivity (Wildman–Crippen MR) is 167 cm³/mol. The minimum Gasteiger partial charge on any atom is -0.486 e. The van der Waals surface area contributed by atoms with Crippen molar-refractivity contribution in [1.82, 2.24) is 10.0 Å². The number of carbonyl (C=O) groups is 1. The fraction of sp³-hybridized carbons (Fsp3) is 0.576. The zero-order chi connectivity index (χ0) is 32.7. The molecule has 0 spiro atoms. The van der Waals surface area contributed by atoms with Gasteiger partial charge in [-0.2, -0.15) is 5.26 Å². The third-order valence-electron chi connectivity index (χ3n) is 8.66. The number of aliphatic hydroxyl groups excluding tert-OH is 1. The van der Waals surface area contributed by atoms with Gasteiger partial charge in [0.15, 0.2) is 17.8 Å². The lowest BCUT2D eigenvalue weighted by Gasteiger charge is -2.33. The molecule has 0 aliphatic carbocycles. The van der Waals surface area contributed by atoms with E-state index >= 15 is 0 Å². The molecule has 0 bridgehead atoms. The van der Waals surface area contributed by atoms with Crippen molar-refractivity contribution < 1.29 is 42.0 Å². The van der Waals surface area contributed by atoms with Crippen molar-refractivity contribution in [3.8, 4) is 17.6 Å². The number of sulfonamides is 1. The Balaban J connectivity index is 1.18. The van der Waals surface area contributed by atoms with Gasteiger partial charge in [0.25, 0.3) is 0 Å². The number of amides is 1. The fourth-order valence-electron chi connectivity index (χ4n) is 6.17. The van der Waals surface area contributed by atoms with Crippen LogP contribution in [-0.2, 0) is 30.7 Å². The molecule has 3 N–H and O–H groups in total. The van der Waals surface area contributed by atoms with Crippen LogP contribution >= 0.6 is 0 Å². The van der Waals surface area contributed by atoms with Crippen molar-refractivity contribution in [3.05, 3.63) is 54.1 Å². The van der Waals surface area contributed by atoms with Gasteiger partial charge in [0.2, 0.25) is 10.0 Å². The van der Waals surface area contributed by atoms with Gasteiger partial charge in [-0.15, -0.1) is 0 Å². The van der Waals surface area contributed by atoms with Crippen LogP contribution in [0.1, 0.15) is 51.5 Å². The lowest BCUT2D eigenvalue weighted by molar-refractivity contribution is -0.0907. The molecule has 0 saturated carbocycles. The number of carbonyl (C=O) groups excluding carboxylic acids is 1. The molecule has 1 amide bonds. The van der Waals surface area contributed by atoms with Crippen LogP contribution in [0.3, 0.4) is 0 Å². The van der Waals surface area contributed by atoms with Crippen LogP contribution in [0.4, 0.5) is 4.79 Å². The molecule has 2 fully saturated rings. The van der Waals surface area contributed by atoms with E-state index in [4.69, 9.17) is 28.9 Å². The van der Waals surface area contributed by atoms with Crippen molar-refractivity contribution in [2.24, 2.45) is 11.3 Å². The van der Waals surface area contributed by atoms with Crippen molar-refractivity contribution in [2.75, 3.05) is 26.4 Å². The summed E-state index contributed by atoms with van der Waals surface area (Å²) in [6.07, 6.45) is 0.873. The zero-order valence-electron chi connectivity index (χ0n) is 26.2. The highest BCUT2D eigenvalue weighted by atomic mass is 32.2. The summed E-state index contributed by atoms with van der Waals surface area (Å²) in [6.45, 7) is 4.95. The number of nitriles is 1. The van der Waals surface area contributed by atoms with Gasteiger partial charge in [-0.1, -0.05) is 44.2 Å². The Labute approximate surface area is 270 Å². The predicted octanol–water partition coefficient (Wildman–Crippen LogP) is 3.67. The molecule has 2 aromatic rings. The van der Waals surface area contributed by atoms with Gasteiger partial charge in [-0.25, -0.2) is 17.9 Å². The number of unbranched alkanes of at least 4 members (excludes halogenated alkanes) is 1. The molecule has 6 atom stereocenters. The highest BCUT2D eigenvalue weighted by Crippen LogP contribution is 2.38. The molecule has 3 aliphatic heterocycles. The van der Waals surface area contributed by atoms with Crippen LogP contribution in [0.15, 0.2) is 53.4 Å². The Morgan fingerprint density at radius 2 is 1.96 bits per heavy atom. The molecular weight excluding hydrogens is 614 g/mol. The highest BCUT2D eigenvalue weighted by Gasteiger charge is 2.44. The Bertz CT molecular complexity index is 1480. The summed E-state index contributed by atoms with van der Waals surface area (Å²) in [5.41, 5.74) is 0.804. The third-order valence-corrected chi connectivity index (χ3v) is 10.1. The number of nitrogens with zero attached hydrogens (tertiary/aromatic N) is 1. The van der Waals surface area contributed by atoms with Crippen molar-refractivity contribution in [3.63, 3.8) is 0 Å². The average Bonchev–Trinajstić information content (AvgIpc) is 3.65. The van der Waals surface area contributed by atoms with Gasteiger partial charge in [0.05, 0.1) is 42.2 Å². The number of ether oxygens (including phenoxy) is 5. The Hall–Kier alpha value is -3.41. The van der Waals surface area contributed by atoms with Gasteiger partial charge >= 0.3 is 6.09 Å². The second-order valence-corrected chi connectivity index (χ2v) is 14.6. The molecule has 13 heteroatoms. The van der Waals surface area contributed by atoms with E-state index in [-0.39, 0.29) is 54.8 Å². The van der Waals surface area contributed by atoms with Gasteiger partial charge in [-0.3, -0.25) is 0 Å². The lowest BCUT2D eigenvalue weighted by Crippen LogP contribution is -2.50.